The Hall–Kier alpha value is -3.29. The van der Waals surface area contributed by atoms with Gasteiger partial charge in [0, 0.05) is 37.9 Å². The molecular weight excluding hydrogens is 499 g/mol. The van der Waals surface area contributed by atoms with E-state index in [1.165, 1.54) is 0 Å². The summed E-state index contributed by atoms with van der Waals surface area (Å²) in [7, 11) is 0. The maximum Gasteiger partial charge on any atom is 0.311 e. The maximum absolute atomic E-state index is 12.4. The summed E-state index contributed by atoms with van der Waals surface area (Å²) < 4.78 is 11.5. The molecule has 0 bridgehead atoms. The first-order valence-corrected chi connectivity index (χ1v) is 11.5. The molecular formula is C27H32Cl2N4O3. The number of rotatable bonds is 7. The molecule has 192 valence electrons. The van der Waals surface area contributed by atoms with Crippen LogP contribution in [-0.2, 0) is 11.2 Å². The topological polar surface area (TPSA) is 112 Å². The summed E-state index contributed by atoms with van der Waals surface area (Å²) in [6.45, 7) is 3.49. The van der Waals surface area contributed by atoms with Gasteiger partial charge in [-0.25, -0.2) is 0 Å². The van der Waals surface area contributed by atoms with Gasteiger partial charge in [-0.15, -0.1) is 24.8 Å². The summed E-state index contributed by atoms with van der Waals surface area (Å²) in [5, 5.41) is 17.4. The van der Waals surface area contributed by atoms with Crippen molar-refractivity contribution in [2.75, 3.05) is 13.1 Å². The number of nitrogen functional groups attached to an aromatic ring is 1. The molecule has 7 nitrogen and oxygen atoms in total. The first-order valence-electron chi connectivity index (χ1n) is 11.5. The van der Waals surface area contributed by atoms with Gasteiger partial charge in [-0.1, -0.05) is 30.3 Å². The highest BCUT2D eigenvalue weighted by atomic mass is 35.5. The standard InChI is InChI=1S/C27H30N4O3.2ClH/c1-18(28)31-14-12-25(13-15-31)33-23-7-9-24(10-8-23)34-26(32)11-3-19-2-4-20-5-6-21(27(29)30)17-22(20)16-19;;/h2,4-10,16-17,25,28H,3,11-15H2,1H3,(H3,29,30);2*1H. The lowest BCUT2D eigenvalue weighted by Gasteiger charge is -2.32. The van der Waals surface area contributed by atoms with Crippen LogP contribution < -0.4 is 15.2 Å². The Balaban J connectivity index is 0.00000228. The number of carbonyl (C=O) groups excluding carboxylic acids is 1. The van der Waals surface area contributed by atoms with Crippen molar-refractivity contribution in [3.05, 3.63) is 71.8 Å². The van der Waals surface area contributed by atoms with Gasteiger partial charge in [0.2, 0.25) is 0 Å². The zero-order valence-corrected chi connectivity index (χ0v) is 21.8. The predicted octanol–water partition coefficient (Wildman–Crippen LogP) is 5.35. The van der Waals surface area contributed by atoms with Gasteiger partial charge in [0.1, 0.15) is 23.4 Å². The molecule has 0 saturated carbocycles. The minimum absolute atomic E-state index is 0. The quantitative estimate of drug-likeness (QED) is 0.165. The van der Waals surface area contributed by atoms with Crippen molar-refractivity contribution in [1.82, 2.24) is 4.90 Å². The molecule has 0 radical (unpaired) electrons. The summed E-state index contributed by atoms with van der Waals surface area (Å²) >= 11 is 0. The average molecular weight is 531 g/mol. The molecule has 1 aliphatic rings. The van der Waals surface area contributed by atoms with E-state index in [4.69, 9.17) is 26.0 Å². The molecule has 36 heavy (non-hydrogen) atoms. The molecule has 0 spiro atoms. The van der Waals surface area contributed by atoms with Gasteiger partial charge >= 0.3 is 5.97 Å². The fourth-order valence-corrected chi connectivity index (χ4v) is 4.14. The van der Waals surface area contributed by atoms with Crippen LogP contribution >= 0.6 is 24.8 Å². The fraction of sp³-hybridized carbons (Fsp3) is 0.296. The Morgan fingerprint density at radius 1 is 0.944 bits per heavy atom. The number of esters is 1. The van der Waals surface area contributed by atoms with Crippen molar-refractivity contribution in [2.24, 2.45) is 5.73 Å². The van der Waals surface area contributed by atoms with Crippen LogP contribution in [0.5, 0.6) is 11.5 Å². The summed E-state index contributed by atoms with van der Waals surface area (Å²) in [5.41, 5.74) is 7.30. The Kier molecular flexibility index (Phi) is 10.6. The third-order valence-electron chi connectivity index (χ3n) is 6.11. The molecule has 1 heterocycles. The molecule has 0 aliphatic carbocycles. The molecule has 1 aliphatic heterocycles. The van der Waals surface area contributed by atoms with E-state index in [2.05, 4.69) is 4.90 Å². The van der Waals surface area contributed by atoms with E-state index in [9.17, 15) is 4.79 Å². The normalized spacial score (nSPS) is 13.3. The van der Waals surface area contributed by atoms with Gasteiger partial charge in [-0.3, -0.25) is 15.6 Å². The zero-order chi connectivity index (χ0) is 24.1. The lowest BCUT2D eigenvalue weighted by molar-refractivity contribution is -0.134. The summed E-state index contributed by atoms with van der Waals surface area (Å²) in [6, 6.07) is 18.9. The lowest BCUT2D eigenvalue weighted by Crippen LogP contribution is -2.40. The molecule has 3 aromatic rings. The molecule has 0 aromatic heterocycles. The fourth-order valence-electron chi connectivity index (χ4n) is 4.14. The largest absolute Gasteiger partial charge is 0.490 e. The number of ether oxygens (including phenoxy) is 2. The number of halogens is 2. The molecule has 0 atom stereocenters. The molecule has 0 unspecified atom stereocenters. The number of benzene rings is 3. The van der Waals surface area contributed by atoms with Crippen molar-refractivity contribution < 1.29 is 14.3 Å². The summed E-state index contributed by atoms with van der Waals surface area (Å²) in [4.78, 5) is 14.4. The smallest absolute Gasteiger partial charge is 0.311 e. The van der Waals surface area contributed by atoms with Crippen LogP contribution in [0, 0.1) is 10.8 Å². The number of amidine groups is 2. The molecule has 3 aromatic carbocycles. The second-order valence-corrected chi connectivity index (χ2v) is 8.65. The van der Waals surface area contributed by atoms with Crippen LogP contribution in [0.15, 0.2) is 60.7 Å². The van der Waals surface area contributed by atoms with E-state index in [0.29, 0.717) is 23.6 Å². The minimum Gasteiger partial charge on any atom is -0.490 e. The highest BCUT2D eigenvalue weighted by Crippen LogP contribution is 2.23. The highest BCUT2D eigenvalue weighted by Gasteiger charge is 2.20. The number of hydrogen-bond donors (Lipinski definition) is 3. The SMILES string of the molecule is CC(=N)N1CCC(Oc2ccc(OC(=O)CCc3ccc4ccc(C(=N)N)cc4c3)cc2)CC1.Cl.Cl. The van der Waals surface area contributed by atoms with E-state index in [1.54, 1.807) is 12.1 Å². The van der Waals surface area contributed by atoms with Gasteiger partial charge < -0.3 is 20.1 Å². The monoisotopic (exact) mass is 530 g/mol. The number of piperidine rings is 1. The highest BCUT2D eigenvalue weighted by molar-refractivity contribution is 5.99. The van der Waals surface area contributed by atoms with Crippen LogP contribution in [0.25, 0.3) is 10.8 Å². The number of hydrogen-bond acceptors (Lipinski definition) is 5. The van der Waals surface area contributed by atoms with Crippen molar-refractivity contribution >= 4 is 53.2 Å². The average Bonchev–Trinajstić information content (AvgIpc) is 2.83. The van der Waals surface area contributed by atoms with Gasteiger partial charge in [-0.2, -0.15) is 0 Å². The summed E-state index contributed by atoms with van der Waals surface area (Å²) in [5.74, 6) is 1.60. The zero-order valence-electron chi connectivity index (χ0n) is 20.2. The van der Waals surface area contributed by atoms with Crippen LogP contribution in [0.3, 0.4) is 0 Å². The Bertz CT molecular complexity index is 1210. The molecule has 1 saturated heterocycles. The number of aryl methyl sites for hydroxylation is 1. The van der Waals surface area contributed by atoms with Crippen molar-refractivity contribution in [3.8, 4) is 11.5 Å². The van der Waals surface area contributed by atoms with E-state index in [0.717, 1.165) is 48.0 Å². The number of nitrogens with two attached hydrogens (primary N) is 1. The number of nitrogens with one attached hydrogen (secondary N) is 2. The predicted molar refractivity (Wildman–Crippen MR) is 148 cm³/mol. The Labute approximate surface area is 223 Å². The van der Waals surface area contributed by atoms with Gasteiger partial charge in [0.15, 0.2) is 0 Å². The second kappa shape index (κ2) is 13.1. The van der Waals surface area contributed by atoms with E-state index in [1.807, 2.05) is 55.5 Å². The van der Waals surface area contributed by atoms with Crippen LogP contribution in [-0.4, -0.2) is 41.7 Å². The van der Waals surface area contributed by atoms with Crippen molar-refractivity contribution in [3.63, 3.8) is 0 Å². The second-order valence-electron chi connectivity index (χ2n) is 8.65. The minimum atomic E-state index is -0.291. The Morgan fingerprint density at radius 2 is 1.58 bits per heavy atom. The molecule has 4 rings (SSSR count). The first kappa shape index (κ1) is 28.9. The number of likely N-dealkylation sites (tertiary alicyclic amines) is 1. The van der Waals surface area contributed by atoms with Gasteiger partial charge in [0.25, 0.3) is 0 Å². The maximum atomic E-state index is 12.4. The van der Waals surface area contributed by atoms with Gasteiger partial charge in [-0.05, 0) is 60.0 Å². The Morgan fingerprint density at radius 3 is 2.22 bits per heavy atom. The van der Waals surface area contributed by atoms with Crippen LogP contribution in [0.1, 0.15) is 37.3 Å². The number of nitrogens with zero attached hydrogens (tertiary/aromatic N) is 1. The van der Waals surface area contributed by atoms with Crippen LogP contribution in [0.4, 0.5) is 0 Å². The first-order chi connectivity index (χ1) is 16.4. The van der Waals surface area contributed by atoms with E-state index < -0.39 is 0 Å². The molecule has 4 N–H and O–H groups in total. The van der Waals surface area contributed by atoms with Crippen molar-refractivity contribution in [2.45, 2.75) is 38.7 Å². The van der Waals surface area contributed by atoms with E-state index >= 15 is 0 Å². The number of carbonyl (C=O) groups is 1. The summed E-state index contributed by atoms with van der Waals surface area (Å²) in [6.07, 6.45) is 2.74. The number of fused-ring (bicyclic) bond motifs is 1. The molecule has 1 fully saturated rings. The molecule has 9 heteroatoms. The van der Waals surface area contributed by atoms with Gasteiger partial charge in [0.05, 0.1) is 5.84 Å². The van der Waals surface area contributed by atoms with E-state index in [-0.39, 0.29) is 49.1 Å². The van der Waals surface area contributed by atoms with Crippen molar-refractivity contribution in [1.29, 1.82) is 10.8 Å². The van der Waals surface area contributed by atoms with Crippen LogP contribution in [0.2, 0.25) is 0 Å². The third kappa shape index (κ3) is 7.60. The molecule has 0 amide bonds. The lowest BCUT2D eigenvalue weighted by atomic mass is 10.0. The third-order valence-corrected chi connectivity index (χ3v) is 6.11.